The molecule has 120 valence electrons. The minimum Gasteiger partial charge on any atom is -0.496 e. The summed E-state index contributed by atoms with van der Waals surface area (Å²) in [5, 5.41) is 2.78. The maximum Gasteiger partial charge on any atom is 0.259 e. The Hall–Kier alpha value is -2.82. The van der Waals surface area contributed by atoms with Gasteiger partial charge in [0, 0.05) is 5.56 Å². The fourth-order valence-corrected chi connectivity index (χ4v) is 2.10. The number of aldehydes is 1. The Balaban J connectivity index is 2.33. The molecular weight excluding hydrogens is 294 g/mol. The van der Waals surface area contributed by atoms with E-state index in [4.69, 9.17) is 9.47 Å². The first-order chi connectivity index (χ1) is 11.0. The summed E-state index contributed by atoms with van der Waals surface area (Å²) < 4.78 is 10.9. The van der Waals surface area contributed by atoms with Crippen molar-refractivity contribution in [3.63, 3.8) is 0 Å². The van der Waals surface area contributed by atoms with Crippen molar-refractivity contribution in [1.82, 2.24) is 0 Å². The quantitative estimate of drug-likeness (QED) is 0.828. The Labute approximate surface area is 135 Å². The predicted octanol–water partition coefficient (Wildman–Crippen LogP) is 3.55. The Bertz CT molecular complexity index is 710. The van der Waals surface area contributed by atoms with Gasteiger partial charge in [-0.3, -0.25) is 9.59 Å². The van der Waals surface area contributed by atoms with Crippen LogP contribution in [0.4, 0.5) is 5.69 Å². The normalized spacial score (nSPS) is 10.3. The van der Waals surface area contributed by atoms with E-state index in [1.165, 1.54) is 7.11 Å². The number of methoxy groups -OCH3 is 1. The van der Waals surface area contributed by atoms with Gasteiger partial charge in [0.25, 0.3) is 5.91 Å². The van der Waals surface area contributed by atoms with E-state index in [-0.39, 0.29) is 12.0 Å². The number of anilines is 1. The molecule has 0 spiro atoms. The van der Waals surface area contributed by atoms with Crippen LogP contribution in [0.25, 0.3) is 0 Å². The summed E-state index contributed by atoms with van der Waals surface area (Å²) in [4.78, 5) is 23.5. The van der Waals surface area contributed by atoms with E-state index in [1.54, 1.807) is 42.5 Å². The van der Waals surface area contributed by atoms with E-state index in [1.807, 2.05) is 13.8 Å². The third kappa shape index (κ3) is 4.10. The molecule has 1 N–H and O–H groups in total. The lowest BCUT2D eigenvalue weighted by molar-refractivity contribution is 0.102. The maximum absolute atomic E-state index is 12.5. The van der Waals surface area contributed by atoms with Crippen molar-refractivity contribution in [2.24, 2.45) is 0 Å². The summed E-state index contributed by atoms with van der Waals surface area (Å²) in [6, 6.07) is 11.8. The van der Waals surface area contributed by atoms with Gasteiger partial charge in [0.2, 0.25) is 0 Å². The fourth-order valence-electron chi connectivity index (χ4n) is 2.10. The Morgan fingerprint density at radius 1 is 1.13 bits per heavy atom. The summed E-state index contributed by atoms with van der Waals surface area (Å²) in [5.74, 6) is 0.649. The first kappa shape index (κ1) is 16.5. The van der Waals surface area contributed by atoms with Crippen molar-refractivity contribution in [2.45, 2.75) is 20.0 Å². The van der Waals surface area contributed by atoms with Crippen molar-refractivity contribution in [1.29, 1.82) is 0 Å². The third-order valence-electron chi connectivity index (χ3n) is 3.10. The molecule has 2 aromatic rings. The molecule has 0 saturated heterocycles. The molecule has 0 aliphatic rings. The number of carbonyl (C=O) groups excluding carboxylic acids is 2. The second-order valence-electron chi connectivity index (χ2n) is 5.19. The lowest BCUT2D eigenvalue weighted by atomic mass is 10.1. The van der Waals surface area contributed by atoms with Gasteiger partial charge in [0.05, 0.1) is 24.5 Å². The molecular formula is C18H19NO4. The van der Waals surface area contributed by atoms with Gasteiger partial charge in [-0.1, -0.05) is 12.1 Å². The second-order valence-corrected chi connectivity index (χ2v) is 5.19. The summed E-state index contributed by atoms with van der Waals surface area (Å²) in [6.07, 6.45) is 0.664. The molecule has 5 heteroatoms. The van der Waals surface area contributed by atoms with Gasteiger partial charge in [0.1, 0.15) is 17.8 Å². The zero-order chi connectivity index (χ0) is 16.8. The van der Waals surface area contributed by atoms with Gasteiger partial charge in [0.15, 0.2) is 0 Å². The van der Waals surface area contributed by atoms with Gasteiger partial charge >= 0.3 is 0 Å². The molecule has 0 unspecified atom stereocenters. The minimum absolute atomic E-state index is 0.0565. The first-order valence-electron chi connectivity index (χ1n) is 7.25. The zero-order valence-corrected chi connectivity index (χ0v) is 13.3. The fraction of sp³-hybridized carbons (Fsp3) is 0.222. The average Bonchev–Trinajstić information content (AvgIpc) is 2.55. The topological polar surface area (TPSA) is 64.6 Å². The second kappa shape index (κ2) is 7.45. The van der Waals surface area contributed by atoms with E-state index < -0.39 is 0 Å². The largest absolute Gasteiger partial charge is 0.496 e. The lowest BCUT2D eigenvalue weighted by Gasteiger charge is -2.16. The molecule has 2 aromatic carbocycles. The molecule has 0 aliphatic heterocycles. The molecule has 0 bridgehead atoms. The summed E-state index contributed by atoms with van der Waals surface area (Å²) in [7, 11) is 1.51. The highest BCUT2D eigenvalue weighted by molar-refractivity contribution is 6.07. The lowest BCUT2D eigenvalue weighted by Crippen LogP contribution is -2.15. The molecule has 0 radical (unpaired) electrons. The number of hydrogen-bond donors (Lipinski definition) is 1. The van der Waals surface area contributed by atoms with Gasteiger partial charge in [-0.15, -0.1) is 0 Å². The van der Waals surface area contributed by atoms with Crippen LogP contribution in [0, 0.1) is 0 Å². The predicted molar refractivity (Wildman–Crippen MR) is 88.5 cm³/mol. The highest BCUT2D eigenvalue weighted by Gasteiger charge is 2.15. The number of carbonyl (C=O) groups is 2. The first-order valence-corrected chi connectivity index (χ1v) is 7.25. The van der Waals surface area contributed by atoms with Crippen molar-refractivity contribution in [3.05, 3.63) is 53.6 Å². The van der Waals surface area contributed by atoms with E-state index >= 15 is 0 Å². The van der Waals surface area contributed by atoms with Crippen LogP contribution in [-0.2, 0) is 0 Å². The maximum atomic E-state index is 12.5. The molecule has 23 heavy (non-hydrogen) atoms. The van der Waals surface area contributed by atoms with Crippen molar-refractivity contribution in [2.75, 3.05) is 12.4 Å². The summed E-state index contributed by atoms with van der Waals surface area (Å²) >= 11 is 0. The number of para-hydroxylation sites is 1. The van der Waals surface area contributed by atoms with E-state index in [9.17, 15) is 9.59 Å². The molecule has 1 amide bonds. The molecule has 2 rings (SSSR count). The average molecular weight is 313 g/mol. The summed E-state index contributed by atoms with van der Waals surface area (Å²) in [6.45, 7) is 3.78. The molecule has 0 saturated carbocycles. The van der Waals surface area contributed by atoms with E-state index in [0.29, 0.717) is 28.3 Å². The number of rotatable bonds is 6. The molecule has 0 aliphatic carbocycles. The van der Waals surface area contributed by atoms with Crippen LogP contribution in [0.1, 0.15) is 34.6 Å². The number of hydrogen-bond acceptors (Lipinski definition) is 4. The molecule has 0 atom stereocenters. The molecule has 0 aromatic heterocycles. The Morgan fingerprint density at radius 2 is 1.87 bits per heavy atom. The van der Waals surface area contributed by atoms with Gasteiger partial charge in [-0.2, -0.15) is 0 Å². The van der Waals surface area contributed by atoms with Crippen LogP contribution < -0.4 is 14.8 Å². The van der Waals surface area contributed by atoms with Crippen LogP contribution in [0.3, 0.4) is 0 Å². The van der Waals surface area contributed by atoms with Gasteiger partial charge in [-0.25, -0.2) is 0 Å². The van der Waals surface area contributed by atoms with Crippen LogP contribution in [0.5, 0.6) is 11.5 Å². The SMILES string of the molecule is COc1ccccc1C(=O)Nc1cc(C=O)ccc1OC(C)C. The third-order valence-corrected chi connectivity index (χ3v) is 3.10. The number of nitrogens with one attached hydrogen (secondary N) is 1. The number of benzene rings is 2. The molecule has 0 fully saturated rings. The van der Waals surface area contributed by atoms with Gasteiger partial charge < -0.3 is 14.8 Å². The highest BCUT2D eigenvalue weighted by atomic mass is 16.5. The number of amides is 1. The minimum atomic E-state index is -0.334. The zero-order valence-electron chi connectivity index (χ0n) is 13.3. The van der Waals surface area contributed by atoms with Crippen LogP contribution in [-0.4, -0.2) is 25.4 Å². The van der Waals surface area contributed by atoms with Gasteiger partial charge in [-0.05, 0) is 44.2 Å². The van der Waals surface area contributed by atoms with Crippen molar-refractivity contribution < 1.29 is 19.1 Å². The van der Waals surface area contributed by atoms with E-state index in [2.05, 4.69) is 5.32 Å². The highest BCUT2D eigenvalue weighted by Crippen LogP contribution is 2.28. The van der Waals surface area contributed by atoms with Crippen LogP contribution in [0.15, 0.2) is 42.5 Å². The summed E-state index contributed by atoms with van der Waals surface area (Å²) in [5.41, 5.74) is 1.30. The molecule has 5 nitrogen and oxygen atoms in total. The van der Waals surface area contributed by atoms with E-state index in [0.717, 1.165) is 6.29 Å². The van der Waals surface area contributed by atoms with Crippen molar-refractivity contribution in [3.8, 4) is 11.5 Å². The Kier molecular flexibility index (Phi) is 5.36. The smallest absolute Gasteiger partial charge is 0.259 e. The molecule has 0 heterocycles. The monoisotopic (exact) mass is 313 g/mol. The van der Waals surface area contributed by atoms with Crippen LogP contribution >= 0.6 is 0 Å². The Morgan fingerprint density at radius 3 is 2.52 bits per heavy atom. The standard InChI is InChI=1S/C18H19NO4/c1-12(2)23-17-9-8-13(11-20)10-15(17)19-18(21)14-6-4-5-7-16(14)22-3/h4-12H,1-3H3,(H,19,21). The van der Waals surface area contributed by atoms with Crippen LogP contribution in [0.2, 0.25) is 0 Å². The number of ether oxygens (including phenoxy) is 2. The van der Waals surface area contributed by atoms with Crippen molar-refractivity contribution >= 4 is 17.9 Å².